The number of carbonyl (C=O) groups excluding carboxylic acids is 2. The van der Waals surface area contributed by atoms with Crippen LogP contribution in [0.3, 0.4) is 0 Å². The predicted octanol–water partition coefficient (Wildman–Crippen LogP) is 9.88. The third kappa shape index (κ3) is 32.7. The lowest BCUT2D eigenvalue weighted by Crippen LogP contribution is -2.29. The number of ether oxygens (including phenoxy) is 2. The van der Waals surface area contributed by atoms with Gasteiger partial charge in [-0.2, -0.15) is 0 Å². The zero-order valence-corrected chi connectivity index (χ0v) is 30.5. The van der Waals surface area contributed by atoms with Crippen LogP contribution in [0.1, 0.15) is 174 Å². The lowest BCUT2D eigenvalue weighted by atomic mass is 10.1. The second kappa shape index (κ2) is 33.6. The van der Waals surface area contributed by atoms with Crippen molar-refractivity contribution in [1.29, 1.82) is 0 Å². The van der Waals surface area contributed by atoms with E-state index in [0.717, 1.165) is 51.4 Å². The normalized spacial score (nSPS) is 13.6. The van der Waals surface area contributed by atoms with Crippen molar-refractivity contribution in [2.24, 2.45) is 5.73 Å². The Morgan fingerprint density at radius 1 is 0.630 bits per heavy atom. The number of nitrogens with two attached hydrogens (primary N) is 1. The minimum atomic E-state index is -4.36. The molecule has 0 fully saturated rings. The topological polar surface area (TPSA) is 134 Å². The number of unbranched alkanes of at least 4 members (excludes halogenated alkanes) is 20. The average Bonchev–Trinajstić information content (AvgIpc) is 3.04. The molecule has 0 radical (unpaired) electrons. The Bertz CT molecular complexity index is 779. The van der Waals surface area contributed by atoms with Crippen molar-refractivity contribution < 1.29 is 37.6 Å². The summed E-state index contributed by atoms with van der Waals surface area (Å²) in [5, 5.41) is 0. The molecule has 0 heterocycles. The molecule has 10 heteroatoms. The van der Waals surface area contributed by atoms with Crippen LogP contribution in [0.5, 0.6) is 0 Å². The first-order chi connectivity index (χ1) is 22.3. The Morgan fingerprint density at radius 2 is 1.07 bits per heavy atom. The van der Waals surface area contributed by atoms with Crippen LogP contribution in [0.4, 0.5) is 0 Å². The van der Waals surface area contributed by atoms with Crippen molar-refractivity contribution in [1.82, 2.24) is 0 Å². The predicted molar refractivity (Wildman–Crippen MR) is 188 cm³/mol. The molecule has 46 heavy (non-hydrogen) atoms. The van der Waals surface area contributed by atoms with E-state index >= 15 is 0 Å². The molecule has 272 valence electrons. The van der Waals surface area contributed by atoms with Crippen LogP contribution < -0.4 is 5.73 Å². The number of esters is 2. The molecule has 9 nitrogen and oxygen atoms in total. The molecule has 0 aliphatic carbocycles. The fraction of sp³-hybridized carbons (Fsp3) is 0.889. The van der Waals surface area contributed by atoms with Gasteiger partial charge in [-0.25, -0.2) is 4.57 Å². The van der Waals surface area contributed by atoms with Gasteiger partial charge in [0.1, 0.15) is 6.61 Å². The van der Waals surface area contributed by atoms with Crippen molar-refractivity contribution >= 4 is 19.8 Å². The van der Waals surface area contributed by atoms with Gasteiger partial charge in [0.05, 0.1) is 13.2 Å². The van der Waals surface area contributed by atoms with Crippen molar-refractivity contribution in [2.45, 2.75) is 180 Å². The van der Waals surface area contributed by atoms with Gasteiger partial charge in [-0.1, -0.05) is 135 Å². The van der Waals surface area contributed by atoms with Gasteiger partial charge < -0.3 is 20.1 Å². The van der Waals surface area contributed by atoms with Gasteiger partial charge in [-0.3, -0.25) is 18.6 Å². The van der Waals surface area contributed by atoms with E-state index in [9.17, 15) is 19.0 Å². The van der Waals surface area contributed by atoms with Crippen molar-refractivity contribution in [3.8, 4) is 0 Å². The van der Waals surface area contributed by atoms with E-state index in [1.165, 1.54) is 89.9 Å². The molecule has 0 spiro atoms. The standard InChI is InChI=1S/C36H70NO8P/c1-3-5-7-9-11-13-15-16-17-19-21-23-25-27-29-36(39)45-34(33-44-46(40,41)43-31-30-37)32-42-35(38)28-26-24-22-20-18-14-12-10-8-6-4-2/h15-16,34H,3-14,17-33,37H2,1-2H3,(H,40,41)/b16-15-/t34-/m1/s1. The summed E-state index contributed by atoms with van der Waals surface area (Å²) in [6.45, 7) is 3.70. The largest absolute Gasteiger partial charge is 0.472 e. The molecule has 0 rings (SSSR count). The van der Waals surface area contributed by atoms with Crippen LogP contribution in [0.25, 0.3) is 0 Å². The van der Waals surface area contributed by atoms with E-state index in [-0.39, 0.29) is 38.6 Å². The van der Waals surface area contributed by atoms with E-state index < -0.39 is 26.5 Å². The summed E-state index contributed by atoms with van der Waals surface area (Å²) in [7, 11) is -4.36. The van der Waals surface area contributed by atoms with Gasteiger partial charge in [0.25, 0.3) is 0 Å². The summed E-state index contributed by atoms with van der Waals surface area (Å²) in [5.74, 6) is -0.835. The summed E-state index contributed by atoms with van der Waals surface area (Å²) >= 11 is 0. The minimum Gasteiger partial charge on any atom is -0.462 e. The highest BCUT2D eigenvalue weighted by atomic mass is 31.2. The average molecular weight is 676 g/mol. The number of hydrogen-bond acceptors (Lipinski definition) is 8. The molecule has 2 atom stereocenters. The number of hydrogen-bond donors (Lipinski definition) is 2. The Balaban J connectivity index is 4.24. The highest BCUT2D eigenvalue weighted by Gasteiger charge is 2.25. The zero-order chi connectivity index (χ0) is 34.0. The Labute approximate surface area is 281 Å². The van der Waals surface area contributed by atoms with Crippen LogP contribution in [0.2, 0.25) is 0 Å². The zero-order valence-electron chi connectivity index (χ0n) is 29.6. The van der Waals surface area contributed by atoms with Crippen LogP contribution in [-0.2, 0) is 32.7 Å². The van der Waals surface area contributed by atoms with E-state index in [1.807, 2.05) is 0 Å². The Kier molecular flexibility index (Phi) is 32.7. The van der Waals surface area contributed by atoms with Crippen LogP contribution in [0, 0.1) is 0 Å². The van der Waals surface area contributed by atoms with Gasteiger partial charge >= 0.3 is 19.8 Å². The second-order valence-corrected chi connectivity index (χ2v) is 13.9. The smallest absolute Gasteiger partial charge is 0.462 e. The monoisotopic (exact) mass is 675 g/mol. The Morgan fingerprint density at radius 3 is 1.54 bits per heavy atom. The van der Waals surface area contributed by atoms with Crippen LogP contribution in [0.15, 0.2) is 12.2 Å². The molecule has 0 aromatic heterocycles. The fourth-order valence-electron chi connectivity index (χ4n) is 5.10. The number of phosphoric acid groups is 1. The van der Waals surface area contributed by atoms with E-state index in [4.69, 9.17) is 24.3 Å². The van der Waals surface area contributed by atoms with E-state index in [1.54, 1.807) is 0 Å². The van der Waals surface area contributed by atoms with Gasteiger partial charge in [0.2, 0.25) is 0 Å². The molecule has 0 aliphatic heterocycles. The lowest BCUT2D eigenvalue weighted by molar-refractivity contribution is -0.161. The van der Waals surface area contributed by atoms with E-state index in [0.29, 0.717) is 6.42 Å². The van der Waals surface area contributed by atoms with Gasteiger partial charge in [0, 0.05) is 19.4 Å². The Hall–Kier alpha value is -1.25. The van der Waals surface area contributed by atoms with Crippen molar-refractivity contribution in [3.63, 3.8) is 0 Å². The number of allylic oxidation sites excluding steroid dienone is 2. The molecule has 0 saturated heterocycles. The molecule has 3 N–H and O–H groups in total. The quantitative estimate of drug-likeness (QED) is 0.0291. The molecule has 0 aromatic carbocycles. The summed E-state index contributed by atoms with van der Waals surface area (Å²) < 4.78 is 32.6. The number of rotatable bonds is 35. The maximum Gasteiger partial charge on any atom is 0.472 e. The van der Waals surface area contributed by atoms with Gasteiger partial charge in [-0.15, -0.1) is 0 Å². The summed E-state index contributed by atoms with van der Waals surface area (Å²) in [4.78, 5) is 34.6. The molecule has 0 amide bonds. The number of carbonyl (C=O) groups is 2. The molecule has 0 aliphatic rings. The third-order valence-electron chi connectivity index (χ3n) is 7.90. The molecular formula is C36H70NO8P. The van der Waals surface area contributed by atoms with E-state index in [2.05, 4.69) is 26.0 Å². The minimum absolute atomic E-state index is 0.0544. The molecule has 0 bridgehead atoms. The molecular weight excluding hydrogens is 605 g/mol. The maximum atomic E-state index is 12.5. The lowest BCUT2D eigenvalue weighted by Gasteiger charge is -2.19. The first-order valence-electron chi connectivity index (χ1n) is 18.7. The molecule has 0 saturated carbocycles. The molecule has 1 unspecified atom stereocenters. The first kappa shape index (κ1) is 44.8. The highest BCUT2D eigenvalue weighted by Crippen LogP contribution is 2.43. The summed E-state index contributed by atoms with van der Waals surface area (Å²) in [6, 6.07) is 0. The van der Waals surface area contributed by atoms with Crippen molar-refractivity contribution in [3.05, 3.63) is 12.2 Å². The first-order valence-corrected chi connectivity index (χ1v) is 20.2. The number of phosphoric ester groups is 1. The second-order valence-electron chi connectivity index (χ2n) is 12.4. The van der Waals surface area contributed by atoms with Crippen LogP contribution >= 0.6 is 7.82 Å². The van der Waals surface area contributed by atoms with Gasteiger partial charge in [-0.05, 0) is 38.5 Å². The fourth-order valence-corrected chi connectivity index (χ4v) is 5.86. The maximum absolute atomic E-state index is 12.5. The molecule has 0 aromatic rings. The SMILES string of the molecule is CCCCCCC/C=C\CCCCCCCC(=O)O[C@H](COC(=O)CCCCCCCCCCCCC)COP(=O)(O)OCCN. The summed E-state index contributed by atoms with van der Waals surface area (Å²) in [5.41, 5.74) is 5.32. The van der Waals surface area contributed by atoms with Gasteiger partial charge in [0.15, 0.2) is 6.10 Å². The highest BCUT2D eigenvalue weighted by molar-refractivity contribution is 7.47. The van der Waals surface area contributed by atoms with Crippen LogP contribution in [-0.4, -0.2) is 49.3 Å². The van der Waals surface area contributed by atoms with Crippen molar-refractivity contribution in [2.75, 3.05) is 26.4 Å². The summed E-state index contributed by atoms with van der Waals surface area (Å²) in [6.07, 6.45) is 30.9. The third-order valence-corrected chi connectivity index (χ3v) is 8.89.